The van der Waals surface area contributed by atoms with Gasteiger partial charge in [0.05, 0.1) is 5.02 Å². The summed E-state index contributed by atoms with van der Waals surface area (Å²) in [5, 5.41) is 2.37. The van der Waals surface area contributed by atoms with Gasteiger partial charge in [-0.2, -0.15) is 13.2 Å². The summed E-state index contributed by atoms with van der Waals surface area (Å²) >= 11 is 5.54. The summed E-state index contributed by atoms with van der Waals surface area (Å²) in [6.45, 7) is -0.151. The molecule has 1 rings (SSSR count). The van der Waals surface area contributed by atoms with Gasteiger partial charge in [-0.1, -0.05) is 11.6 Å². The third kappa shape index (κ3) is 5.53. The number of rotatable bonds is 5. The highest BCUT2D eigenvalue weighted by atomic mass is 35.5. The molecule has 10 heteroatoms. The molecule has 0 aliphatic rings. The molecular weight excluding hydrogens is 305 g/mol. The number of pyridine rings is 1. The number of anilines is 1. The second-order valence-electron chi connectivity index (χ2n) is 3.22. The Labute approximate surface area is 116 Å². The van der Waals surface area contributed by atoms with Crippen molar-refractivity contribution in [2.45, 2.75) is 5.51 Å². The lowest BCUT2D eigenvalue weighted by Gasteiger charge is -2.08. The number of nitrogen functional groups attached to an aromatic ring is 1. The van der Waals surface area contributed by atoms with Crippen molar-refractivity contribution in [3.8, 4) is 0 Å². The fraction of sp³-hybridized carbons (Fsp3) is 0.333. The molecule has 1 aromatic heterocycles. The Morgan fingerprint density at radius 2 is 2.16 bits per heavy atom. The predicted octanol–water partition coefficient (Wildman–Crippen LogP) is 2.00. The first-order valence-electron chi connectivity index (χ1n) is 4.95. The average Bonchev–Trinajstić information content (AvgIpc) is 2.34. The topological polar surface area (TPSA) is 80.0 Å². The van der Waals surface area contributed by atoms with E-state index in [0.29, 0.717) is 0 Å². The summed E-state index contributed by atoms with van der Waals surface area (Å²) in [5.74, 6) is 4.39. The van der Waals surface area contributed by atoms with E-state index in [2.05, 4.69) is 15.7 Å². The third-order valence-corrected chi connectivity index (χ3v) is 2.90. The number of amides is 1. The Kier molecular flexibility index (Phi) is 5.70. The zero-order valence-corrected chi connectivity index (χ0v) is 11.0. The molecule has 1 amide bonds. The molecule has 0 spiro atoms. The summed E-state index contributed by atoms with van der Waals surface area (Å²) in [7, 11) is 0. The maximum atomic E-state index is 11.9. The molecular formula is C9H10ClF3N4OS. The number of nitrogens with two attached hydrogens (primary N) is 1. The number of aromatic nitrogens is 1. The smallest absolute Gasteiger partial charge is 0.350 e. The molecule has 4 N–H and O–H groups in total. The maximum Gasteiger partial charge on any atom is 0.441 e. The van der Waals surface area contributed by atoms with Gasteiger partial charge in [-0.3, -0.25) is 4.79 Å². The second kappa shape index (κ2) is 6.83. The van der Waals surface area contributed by atoms with Gasteiger partial charge in [0, 0.05) is 12.3 Å². The van der Waals surface area contributed by atoms with Crippen LogP contribution in [0.25, 0.3) is 0 Å². The molecule has 0 saturated carbocycles. The van der Waals surface area contributed by atoms with E-state index in [1.54, 1.807) is 0 Å². The van der Waals surface area contributed by atoms with Crippen LogP contribution in [0.1, 0.15) is 10.5 Å². The number of thioether (sulfide) groups is 1. The van der Waals surface area contributed by atoms with E-state index in [0.717, 1.165) is 0 Å². The minimum atomic E-state index is -4.32. The first-order valence-corrected chi connectivity index (χ1v) is 6.32. The quantitative estimate of drug-likeness (QED) is 0.440. The minimum absolute atomic E-state index is 0.0833. The van der Waals surface area contributed by atoms with Crippen molar-refractivity contribution in [2.24, 2.45) is 5.84 Å². The first kappa shape index (κ1) is 15.9. The van der Waals surface area contributed by atoms with Gasteiger partial charge < -0.3 is 10.7 Å². The summed E-state index contributed by atoms with van der Waals surface area (Å²) in [6.07, 6.45) is 0. The van der Waals surface area contributed by atoms with Crippen molar-refractivity contribution in [3.05, 3.63) is 22.8 Å². The van der Waals surface area contributed by atoms with Gasteiger partial charge in [0.15, 0.2) is 0 Å². The van der Waals surface area contributed by atoms with Crippen molar-refractivity contribution in [3.63, 3.8) is 0 Å². The number of halogens is 4. The predicted molar refractivity (Wildman–Crippen MR) is 67.9 cm³/mol. The van der Waals surface area contributed by atoms with Gasteiger partial charge in [0.25, 0.3) is 5.91 Å². The van der Waals surface area contributed by atoms with Crippen LogP contribution in [-0.4, -0.2) is 28.7 Å². The fourth-order valence-electron chi connectivity index (χ4n) is 1.10. The Balaban J connectivity index is 2.54. The van der Waals surface area contributed by atoms with Crippen LogP contribution < -0.4 is 16.6 Å². The molecule has 0 saturated heterocycles. The molecule has 0 bridgehead atoms. The molecule has 19 heavy (non-hydrogen) atoms. The van der Waals surface area contributed by atoms with Crippen molar-refractivity contribution in [1.29, 1.82) is 0 Å². The highest BCUT2D eigenvalue weighted by Crippen LogP contribution is 2.29. The highest BCUT2D eigenvalue weighted by molar-refractivity contribution is 8.00. The van der Waals surface area contributed by atoms with E-state index >= 15 is 0 Å². The number of hydrazine groups is 1. The molecule has 5 nitrogen and oxygen atoms in total. The number of nitrogens with one attached hydrogen (secondary N) is 2. The van der Waals surface area contributed by atoms with Crippen molar-refractivity contribution < 1.29 is 18.0 Å². The third-order valence-electron chi connectivity index (χ3n) is 1.86. The monoisotopic (exact) mass is 314 g/mol. The lowest BCUT2D eigenvalue weighted by Crippen LogP contribution is -2.28. The Morgan fingerprint density at radius 3 is 2.74 bits per heavy atom. The van der Waals surface area contributed by atoms with Gasteiger partial charge in [-0.15, -0.1) is 0 Å². The molecule has 0 aliphatic heterocycles. The van der Waals surface area contributed by atoms with Crippen LogP contribution in [0.4, 0.5) is 19.0 Å². The standard InChI is InChI=1S/C9H10ClF3N4OS/c10-5-1-2-6(17-14)16-7(5)8(18)15-3-4-19-9(11,12)13/h1-2H,3-4,14H2,(H,15,18)(H,16,17). The first-order chi connectivity index (χ1) is 8.83. The molecule has 0 atom stereocenters. The number of nitrogens with zero attached hydrogens (tertiary/aromatic N) is 1. The summed E-state index contributed by atoms with van der Waals surface area (Å²) in [6, 6.07) is 2.86. The summed E-state index contributed by atoms with van der Waals surface area (Å²) in [5.41, 5.74) is -2.18. The lowest BCUT2D eigenvalue weighted by atomic mass is 10.3. The van der Waals surface area contributed by atoms with E-state index in [9.17, 15) is 18.0 Å². The largest absolute Gasteiger partial charge is 0.441 e. The molecule has 106 valence electrons. The molecule has 1 heterocycles. The van der Waals surface area contributed by atoms with Crippen LogP contribution in [0, 0.1) is 0 Å². The molecule has 0 unspecified atom stereocenters. The van der Waals surface area contributed by atoms with Crippen molar-refractivity contribution in [2.75, 3.05) is 17.7 Å². The minimum Gasteiger partial charge on any atom is -0.350 e. The van der Waals surface area contributed by atoms with Gasteiger partial charge in [0.1, 0.15) is 11.5 Å². The zero-order chi connectivity index (χ0) is 14.5. The van der Waals surface area contributed by atoms with Crippen LogP contribution in [0.5, 0.6) is 0 Å². The van der Waals surface area contributed by atoms with Crippen molar-refractivity contribution >= 4 is 35.1 Å². The fourth-order valence-corrected chi connectivity index (χ4v) is 1.72. The van der Waals surface area contributed by atoms with Gasteiger partial charge in [-0.05, 0) is 23.9 Å². The van der Waals surface area contributed by atoms with Gasteiger partial charge >= 0.3 is 5.51 Å². The summed E-state index contributed by atoms with van der Waals surface area (Å²) in [4.78, 5) is 15.5. The Bertz CT molecular complexity index is 458. The molecule has 0 aromatic carbocycles. The highest BCUT2D eigenvalue weighted by Gasteiger charge is 2.27. The van der Waals surface area contributed by atoms with E-state index in [4.69, 9.17) is 17.4 Å². The number of alkyl halides is 3. The van der Waals surface area contributed by atoms with Crippen LogP contribution in [-0.2, 0) is 0 Å². The maximum absolute atomic E-state index is 11.9. The molecule has 0 aliphatic carbocycles. The molecule has 1 aromatic rings. The van der Waals surface area contributed by atoms with Crippen LogP contribution in [0.3, 0.4) is 0 Å². The van der Waals surface area contributed by atoms with E-state index < -0.39 is 11.4 Å². The number of carbonyl (C=O) groups is 1. The normalized spacial score (nSPS) is 11.2. The lowest BCUT2D eigenvalue weighted by molar-refractivity contribution is -0.0327. The van der Waals surface area contributed by atoms with Gasteiger partial charge in [-0.25, -0.2) is 10.8 Å². The Morgan fingerprint density at radius 1 is 1.47 bits per heavy atom. The van der Waals surface area contributed by atoms with E-state index in [1.807, 2.05) is 0 Å². The van der Waals surface area contributed by atoms with E-state index in [-0.39, 0.29) is 40.6 Å². The molecule has 0 radical (unpaired) electrons. The van der Waals surface area contributed by atoms with Crippen LogP contribution in [0.2, 0.25) is 5.02 Å². The average molecular weight is 315 g/mol. The SMILES string of the molecule is NNc1ccc(Cl)c(C(=O)NCCSC(F)(F)F)n1. The zero-order valence-electron chi connectivity index (χ0n) is 9.42. The number of carbonyl (C=O) groups excluding carboxylic acids is 1. The van der Waals surface area contributed by atoms with Crippen molar-refractivity contribution in [1.82, 2.24) is 10.3 Å². The number of hydrogen-bond acceptors (Lipinski definition) is 5. The van der Waals surface area contributed by atoms with Crippen LogP contribution in [0.15, 0.2) is 12.1 Å². The van der Waals surface area contributed by atoms with E-state index in [1.165, 1.54) is 12.1 Å². The number of hydrogen-bond donors (Lipinski definition) is 3. The van der Waals surface area contributed by atoms with Crippen LogP contribution >= 0.6 is 23.4 Å². The second-order valence-corrected chi connectivity index (χ2v) is 4.79. The van der Waals surface area contributed by atoms with Gasteiger partial charge in [0.2, 0.25) is 0 Å². The summed E-state index contributed by atoms with van der Waals surface area (Å²) < 4.78 is 35.6. The Hall–Kier alpha value is -1.19. The molecule has 0 fully saturated rings.